The minimum absolute atomic E-state index is 0.419. The standard InChI is InChI=1S/C17H36N2/c1-6-16-11-9-8-10-12-19(16)14-17(5,7-2)13-18-15(3)4/h15-16,18H,6-14H2,1-5H3. The molecule has 2 nitrogen and oxygen atoms in total. The molecule has 1 aliphatic rings. The van der Waals surface area contributed by atoms with Gasteiger partial charge in [-0.1, -0.05) is 47.5 Å². The van der Waals surface area contributed by atoms with Crippen LogP contribution in [0.4, 0.5) is 0 Å². The Morgan fingerprint density at radius 3 is 2.53 bits per heavy atom. The Labute approximate surface area is 121 Å². The average Bonchev–Trinajstić information content (AvgIpc) is 2.61. The minimum Gasteiger partial charge on any atom is -0.314 e. The van der Waals surface area contributed by atoms with E-state index in [0.29, 0.717) is 11.5 Å². The summed E-state index contributed by atoms with van der Waals surface area (Å²) in [7, 11) is 0. The summed E-state index contributed by atoms with van der Waals surface area (Å²) >= 11 is 0. The van der Waals surface area contributed by atoms with Crippen LogP contribution in [0.1, 0.15) is 73.1 Å². The average molecular weight is 268 g/mol. The summed E-state index contributed by atoms with van der Waals surface area (Å²) in [6.45, 7) is 15.4. The van der Waals surface area contributed by atoms with E-state index in [4.69, 9.17) is 0 Å². The van der Waals surface area contributed by atoms with Crippen molar-refractivity contribution in [2.24, 2.45) is 5.41 Å². The zero-order valence-electron chi connectivity index (χ0n) is 14.0. The first-order valence-electron chi connectivity index (χ1n) is 8.48. The smallest absolute Gasteiger partial charge is 0.00928 e. The molecule has 0 bridgehead atoms. The number of nitrogens with one attached hydrogen (secondary N) is 1. The third-order valence-electron chi connectivity index (χ3n) is 4.85. The maximum atomic E-state index is 3.65. The van der Waals surface area contributed by atoms with Gasteiger partial charge in [0.1, 0.15) is 0 Å². The fourth-order valence-electron chi connectivity index (χ4n) is 3.14. The molecule has 1 N–H and O–H groups in total. The van der Waals surface area contributed by atoms with E-state index in [0.717, 1.165) is 12.6 Å². The monoisotopic (exact) mass is 268 g/mol. The molecule has 2 unspecified atom stereocenters. The van der Waals surface area contributed by atoms with Gasteiger partial charge >= 0.3 is 0 Å². The summed E-state index contributed by atoms with van der Waals surface area (Å²) in [6, 6.07) is 1.42. The van der Waals surface area contributed by atoms with Crippen LogP contribution in [0.3, 0.4) is 0 Å². The van der Waals surface area contributed by atoms with Crippen molar-refractivity contribution in [2.75, 3.05) is 19.6 Å². The van der Waals surface area contributed by atoms with Gasteiger partial charge in [0.15, 0.2) is 0 Å². The molecule has 0 radical (unpaired) electrons. The van der Waals surface area contributed by atoms with Crippen molar-refractivity contribution in [1.82, 2.24) is 10.2 Å². The van der Waals surface area contributed by atoms with Gasteiger partial charge in [-0.2, -0.15) is 0 Å². The van der Waals surface area contributed by atoms with Crippen LogP contribution in [0.5, 0.6) is 0 Å². The molecule has 0 spiro atoms. The second kappa shape index (κ2) is 8.26. The van der Waals surface area contributed by atoms with E-state index >= 15 is 0 Å². The van der Waals surface area contributed by atoms with Crippen molar-refractivity contribution >= 4 is 0 Å². The molecule has 1 aliphatic heterocycles. The SMILES string of the molecule is CCC1CCCCCN1CC(C)(CC)CNC(C)C. The molecule has 1 heterocycles. The van der Waals surface area contributed by atoms with Crippen molar-refractivity contribution in [2.45, 2.75) is 85.2 Å². The molecule has 1 rings (SSSR count). The Morgan fingerprint density at radius 1 is 1.21 bits per heavy atom. The third kappa shape index (κ3) is 5.83. The largest absolute Gasteiger partial charge is 0.314 e. The number of likely N-dealkylation sites (tertiary alicyclic amines) is 1. The lowest BCUT2D eigenvalue weighted by Crippen LogP contribution is -2.46. The highest BCUT2D eigenvalue weighted by Gasteiger charge is 2.29. The molecule has 1 fully saturated rings. The lowest BCUT2D eigenvalue weighted by Gasteiger charge is -2.39. The first-order valence-corrected chi connectivity index (χ1v) is 8.48. The zero-order chi connectivity index (χ0) is 14.3. The van der Waals surface area contributed by atoms with Crippen molar-refractivity contribution < 1.29 is 0 Å². The van der Waals surface area contributed by atoms with Crippen molar-refractivity contribution in [1.29, 1.82) is 0 Å². The van der Waals surface area contributed by atoms with Gasteiger partial charge in [-0.3, -0.25) is 4.90 Å². The summed E-state index contributed by atoms with van der Waals surface area (Å²) in [5, 5.41) is 3.65. The van der Waals surface area contributed by atoms with Crippen LogP contribution in [0.25, 0.3) is 0 Å². The predicted octanol–water partition coefficient (Wildman–Crippen LogP) is 4.06. The van der Waals surface area contributed by atoms with Gasteiger partial charge < -0.3 is 5.32 Å². The number of hydrogen-bond donors (Lipinski definition) is 1. The highest BCUT2D eigenvalue weighted by molar-refractivity contribution is 4.84. The molecule has 2 atom stereocenters. The molecule has 0 aliphatic carbocycles. The summed E-state index contributed by atoms with van der Waals surface area (Å²) < 4.78 is 0. The fraction of sp³-hybridized carbons (Fsp3) is 1.00. The van der Waals surface area contributed by atoms with E-state index in [2.05, 4.69) is 44.8 Å². The van der Waals surface area contributed by atoms with Crippen LogP contribution in [-0.4, -0.2) is 36.6 Å². The van der Waals surface area contributed by atoms with Gasteiger partial charge in [0.2, 0.25) is 0 Å². The van der Waals surface area contributed by atoms with Gasteiger partial charge in [0.05, 0.1) is 0 Å². The van der Waals surface area contributed by atoms with Crippen molar-refractivity contribution in [3.63, 3.8) is 0 Å². The maximum absolute atomic E-state index is 3.65. The van der Waals surface area contributed by atoms with Crippen LogP contribution in [0.2, 0.25) is 0 Å². The quantitative estimate of drug-likeness (QED) is 0.749. The summed E-state index contributed by atoms with van der Waals surface area (Å²) in [6.07, 6.45) is 8.25. The highest BCUT2D eigenvalue weighted by Crippen LogP contribution is 2.27. The van der Waals surface area contributed by atoms with E-state index in [1.54, 1.807) is 0 Å². The Hall–Kier alpha value is -0.0800. The summed E-state index contributed by atoms with van der Waals surface area (Å²) in [4.78, 5) is 2.79. The molecule has 0 saturated carbocycles. The van der Waals surface area contributed by atoms with E-state index < -0.39 is 0 Å². The van der Waals surface area contributed by atoms with Crippen molar-refractivity contribution in [3.8, 4) is 0 Å². The van der Waals surface area contributed by atoms with Crippen LogP contribution in [0, 0.1) is 5.41 Å². The Kier molecular flexibility index (Phi) is 7.38. The normalized spacial score (nSPS) is 25.3. The summed E-state index contributed by atoms with van der Waals surface area (Å²) in [5.41, 5.74) is 0.419. The molecule has 0 aromatic rings. The Morgan fingerprint density at radius 2 is 1.95 bits per heavy atom. The minimum atomic E-state index is 0.419. The van der Waals surface area contributed by atoms with Gasteiger partial charge in [-0.15, -0.1) is 0 Å². The van der Waals surface area contributed by atoms with E-state index in [-0.39, 0.29) is 0 Å². The Bertz CT molecular complexity index is 239. The Balaban J connectivity index is 2.60. The number of rotatable bonds is 7. The van der Waals surface area contributed by atoms with Gasteiger partial charge in [0, 0.05) is 25.2 Å². The van der Waals surface area contributed by atoms with Crippen LogP contribution < -0.4 is 5.32 Å². The first-order chi connectivity index (χ1) is 9.00. The van der Waals surface area contributed by atoms with Gasteiger partial charge in [-0.05, 0) is 37.6 Å². The fourth-order valence-corrected chi connectivity index (χ4v) is 3.14. The molecule has 2 heteroatoms. The van der Waals surface area contributed by atoms with Crippen LogP contribution in [-0.2, 0) is 0 Å². The maximum Gasteiger partial charge on any atom is 0.00928 e. The second-order valence-electron chi connectivity index (χ2n) is 7.08. The first kappa shape index (κ1) is 17.0. The second-order valence-corrected chi connectivity index (χ2v) is 7.08. The van der Waals surface area contributed by atoms with Gasteiger partial charge in [0.25, 0.3) is 0 Å². The number of nitrogens with zero attached hydrogens (tertiary/aromatic N) is 1. The highest BCUT2D eigenvalue weighted by atomic mass is 15.2. The van der Waals surface area contributed by atoms with E-state index in [9.17, 15) is 0 Å². The molecule has 1 saturated heterocycles. The summed E-state index contributed by atoms with van der Waals surface area (Å²) in [5.74, 6) is 0. The van der Waals surface area contributed by atoms with E-state index in [1.165, 1.54) is 51.6 Å². The predicted molar refractivity (Wildman–Crippen MR) is 85.7 cm³/mol. The molecular weight excluding hydrogens is 232 g/mol. The van der Waals surface area contributed by atoms with Crippen LogP contribution >= 0.6 is 0 Å². The zero-order valence-corrected chi connectivity index (χ0v) is 14.0. The van der Waals surface area contributed by atoms with Gasteiger partial charge in [-0.25, -0.2) is 0 Å². The van der Waals surface area contributed by atoms with Crippen molar-refractivity contribution in [3.05, 3.63) is 0 Å². The third-order valence-corrected chi connectivity index (χ3v) is 4.85. The lowest BCUT2D eigenvalue weighted by molar-refractivity contribution is 0.111. The molecule has 0 aromatic heterocycles. The molecule has 0 aromatic carbocycles. The molecular formula is C17H36N2. The molecule has 19 heavy (non-hydrogen) atoms. The van der Waals surface area contributed by atoms with E-state index in [1.807, 2.05) is 0 Å². The molecule has 0 amide bonds. The van der Waals surface area contributed by atoms with Crippen LogP contribution in [0.15, 0.2) is 0 Å². The molecule has 114 valence electrons. The topological polar surface area (TPSA) is 15.3 Å². The lowest BCUT2D eigenvalue weighted by atomic mass is 9.85. The number of hydrogen-bond acceptors (Lipinski definition) is 2.